The van der Waals surface area contributed by atoms with Crippen LogP contribution >= 0.6 is 0 Å². The van der Waals surface area contributed by atoms with E-state index in [1.807, 2.05) is 43.0 Å². The molecule has 23 heavy (non-hydrogen) atoms. The van der Waals surface area contributed by atoms with Crippen molar-refractivity contribution in [2.24, 2.45) is 0 Å². The molecule has 1 aliphatic rings. The summed E-state index contributed by atoms with van der Waals surface area (Å²) in [6.07, 6.45) is 3.47. The van der Waals surface area contributed by atoms with E-state index in [2.05, 4.69) is 6.92 Å². The maximum Gasteiger partial charge on any atom is 0.254 e. The van der Waals surface area contributed by atoms with Gasteiger partial charge in [-0.25, -0.2) is 0 Å². The third-order valence-electron chi connectivity index (χ3n) is 4.31. The Labute approximate surface area is 139 Å². The van der Waals surface area contributed by atoms with Crippen LogP contribution in [-0.4, -0.2) is 47.3 Å². The van der Waals surface area contributed by atoms with Crippen molar-refractivity contribution in [2.75, 3.05) is 19.8 Å². The molecule has 1 saturated heterocycles. The monoisotopic (exact) mass is 319 g/mol. The van der Waals surface area contributed by atoms with E-state index in [1.165, 1.54) is 0 Å². The molecule has 1 atom stereocenters. The number of rotatable bonds is 6. The van der Waals surface area contributed by atoms with Crippen molar-refractivity contribution in [1.29, 1.82) is 0 Å². The van der Waals surface area contributed by atoms with Gasteiger partial charge >= 0.3 is 0 Å². The first-order valence-electron chi connectivity index (χ1n) is 8.61. The minimum absolute atomic E-state index is 0.0943. The Balaban J connectivity index is 2.09. The van der Waals surface area contributed by atoms with E-state index in [-0.39, 0.29) is 11.9 Å². The molecule has 0 aromatic heterocycles. The number of amides is 1. The molecule has 0 bridgehead atoms. The number of hydrogen-bond donors (Lipinski definition) is 1. The van der Waals surface area contributed by atoms with Gasteiger partial charge < -0.3 is 14.7 Å². The number of morpholine rings is 1. The number of benzene rings is 1. The Morgan fingerprint density at radius 1 is 1.43 bits per heavy atom. The van der Waals surface area contributed by atoms with Gasteiger partial charge in [0.15, 0.2) is 0 Å². The Morgan fingerprint density at radius 2 is 2.22 bits per heavy atom. The van der Waals surface area contributed by atoms with Crippen molar-refractivity contribution in [2.45, 2.75) is 58.1 Å². The lowest BCUT2D eigenvalue weighted by atomic mass is 9.97. The fourth-order valence-corrected chi connectivity index (χ4v) is 2.97. The second-order valence-corrected chi connectivity index (χ2v) is 7.03. The summed E-state index contributed by atoms with van der Waals surface area (Å²) < 4.78 is 5.53. The largest absolute Gasteiger partial charge is 0.390 e. The first-order valence-corrected chi connectivity index (χ1v) is 8.61. The highest BCUT2D eigenvalue weighted by Gasteiger charge is 2.27. The first kappa shape index (κ1) is 18.0. The van der Waals surface area contributed by atoms with Crippen LogP contribution in [0.1, 0.15) is 56.0 Å². The van der Waals surface area contributed by atoms with Crippen LogP contribution < -0.4 is 0 Å². The Morgan fingerprint density at radius 3 is 2.91 bits per heavy atom. The van der Waals surface area contributed by atoms with E-state index in [4.69, 9.17) is 4.74 Å². The molecular weight excluding hydrogens is 290 g/mol. The number of aryl methyl sites for hydroxylation is 1. The van der Waals surface area contributed by atoms with Gasteiger partial charge in [-0.1, -0.05) is 25.5 Å². The minimum Gasteiger partial charge on any atom is -0.390 e. The summed E-state index contributed by atoms with van der Waals surface area (Å²) in [6, 6.07) is 7.98. The third-order valence-corrected chi connectivity index (χ3v) is 4.31. The molecule has 1 fully saturated rings. The van der Waals surface area contributed by atoms with Gasteiger partial charge in [-0.15, -0.1) is 0 Å². The fraction of sp³-hybridized carbons (Fsp3) is 0.632. The average molecular weight is 319 g/mol. The molecule has 1 amide bonds. The molecule has 128 valence electrons. The quantitative estimate of drug-likeness (QED) is 0.877. The predicted octanol–water partition coefficient (Wildman–Crippen LogP) is 3.03. The maximum atomic E-state index is 12.9. The van der Waals surface area contributed by atoms with Gasteiger partial charge in [0.2, 0.25) is 0 Å². The number of carbonyl (C=O) groups excluding carboxylic acids is 1. The number of carbonyl (C=O) groups is 1. The maximum absolute atomic E-state index is 12.9. The molecule has 4 nitrogen and oxygen atoms in total. The smallest absolute Gasteiger partial charge is 0.254 e. The molecule has 0 spiro atoms. The van der Waals surface area contributed by atoms with Crippen LogP contribution in [0.15, 0.2) is 24.3 Å². The van der Waals surface area contributed by atoms with Crippen LogP contribution in [0.2, 0.25) is 0 Å². The van der Waals surface area contributed by atoms with E-state index >= 15 is 0 Å². The van der Waals surface area contributed by atoms with Crippen LogP contribution in [0.5, 0.6) is 0 Å². The van der Waals surface area contributed by atoms with Crippen LogP contribution in [0.4, 0.5) is 0 Å². The summed E-state index contributed by atoms with van der Waals surface area (Å²) in [6.45, 7) is 7.67. The fourth-order valence-electron chi connectivity index (χ4n) is 2.97. The Kier molecular flexibility index (Phi) is 6.19. The molecule has 1 aliphatic heterocycles. The number of ether oxygens (including phenoxy) is 1. The van der Waals surface area contributed by atoms with Crippen molar-refractivity contribution in [3.8, 4) is 0 Å². The second kappa shape index (κ2) is 7.93. The molecule has 0 unspecified atom stereocenters. The summed E-state index contributed by atoms with van der Waals surface area (Å²) in [7, 11) is 0. The van der Waals surface area contributed by atoms with Gasteiger partial charge in [0.25, 0.3) is 5.91 Å². The SMILES string of the molecule is CCC[C@H]1COCCN1C(=O)c1cccc(CCC(C)(C)O)c1. The number of hydrogen-bond acceptors (Lipinski definition) is 3. The van der Waals surface area contributed by atoms with Gasteiger partial charge in [0, 0.05) is 12.1 Å². The highest BCUT2D eigenvalue weighted by atomic mass is 16.5. The van der Waals surface area contributed by atoms with E-state index in [0.717, 1.165) is 30.4 Å². The summed E-state index contributed by atoms with van der Waals surface area (Å²) in [5, 5.41) is 9.87. The molecule has 1 heterocycles. The van der Waals surface area contributed by atoms with Crippen LogP contribution in [-0.2, 0) is 11.2 Å². The van der Waals surface area contributed by atoms with Gasteiger partial charge in [-0.2, -0.15) is 0 Å². The topological polar surface area (TPSA) is 49.8 Å². The van der Waals surface area contributed by atoms with Gasteiger partial charge in [-0.3, -0.25) is 4.79 Å². The van der Waals surface area contributed by atoms with Crippen LogP contribution in [0, 0.1) is 0 Å². The van der Waals surface area contributed by atoms with E-state index in [1.54, 1.807) is 0 Å². The molecule has 0 aliphatic carbocycles. The zero-order valence-corrected chi connectivity index (χ0v) is 14.5. The molecule has 1 aromatic carbocycles. The third kappa shape index (κ3) is 5.33. The van der Waals surface area contributed by atoms with Crippen molar-refractivity contribution in [3.05, 3.63) is 35.4 Å². The summed E-state index contributed by atoms with van der Waals surface area (Å²) in [5.41, 5.74) is 1.15. The molecule has 2 rings (SSSR count). The molecule has 4 heteroatoms. The minimum atomic E-state index is -0.684. The predicted molar refractivity (Wildman–Crippen MR) is 91.6 cm³/mol. The number of nitrogens with zero attached hydrogens (tertiary/aromatic N) is 1. The van der Waals surface area contributed by atoms with Crippen molar-refractivity contribution in [3.63, 3.8) is 0 Å². The molecule has 0 saturated carbocycles. The lowest BCUT2D eigenvalue weighted by molar-refractivity contribution is -0.00434. The zero-order chi connectivity index (χ0) is 16.9. The lowest BCUT2D eigenvalue weighted by Gasteiger charge is -2.35. The van der Waals surface area contributed by atoms with Crippen LogP contribution in [0.3, 0.4) is 0 Å². The normalized spacial score (nSPS) is 19.0. The summed E-state index contributed by atoms with van der Waals surface area (Å²) in [4.78, 5) is 14.8. The van der Waals surface area contributed by atoms with E-state index in [9.17, 15) is 9.90 Å². The standard InChI is InChI=1S/C19H29NO3/c1-4-6-17-14-23-12-11-20(17)18(21)16-8-5-7-15(13-16)9-10-19(2,3)22/h5,7-8,13,17,22H,4,6,9-12,14H2,1-3H3/t17-/m0/s1. The van der Waals surface area contributed by atoms with E-state index in [0.29, 0.717) is 26.2 Å². The highest BCUT2D eigenvalue weighted by Crippen LogP contribution is 2.19. The molecular formula is C19H29NO3. The zero-order valence-electron chi connectivity index (χ0n) is 14.5. The van der Waals surface area contributed by atoms with Crippen molar-refractivity contribution < 1.29 is 14.6 Å². The van der Waals surface area contributed by atoms with Crippen molar-refractivity contribution >= 4 is 5.91 Å². The number of aliphatic hydroxyl groups is 1. The highest BCUT2D eigenvalue weighted by molar-refractivity contribution is 5.94. The Bertz CT molecular complexity index is 520. The molecule has 1 aromatic rings. The summed E-state index contributed by atoms with van der Waals surface area (Å²) >= 11 is 0. The van der Waals surface area contributed by atoms with Gasteiger partial charge in [0.1, 0.15) is 0 Å². The first-order chi connectivity index (χ1) is 10.9. The second-order valence-electron chi connectivity index (χ2n) is 7.03. The van der Waals surface area contributed by atoms with Crippen molar-refractivity contribution in [1.82, 2.24) is 4.90 Å². The molecule has 1 N–H and O–H groups in total. The summed E-state index contributed by atoms with van der Waals surface area (Å²) in [5.74, 6) is 0.0943. The van der Waals surface area contributed by atoms with Crippen LogP contribution in [0.25, 0.3) is 0 Å². The van der Waals surface area contributed by atoms with Gasteiger partial charge in [0.05, 0.1) is 24.9 Å². The molecule has 0 radical (unpaired) electrons. The lowest BCUT2D eigenvalue weighted by Crippen LogP contribution is -2.48. The van der Waals surface area contributed by atoms with E-state index < -0.39 is 5.60 Å². The Hall–Kier alpha value is -1.39. The van der Waals surface area contributed by atoms with Gasteiger partial charge in [-0.05, 0) is 50.8 Å². The average Bonchev–Trinajstić information content (AvgIpc) is 2.53.